The number of nitrogens with zero attached hydrogens (tertiary/aromatic N) is 1. The molecule has 1 aromatic carbocycles. The molecule has 1 rings (SSSR count). The van der Waals surface area contributed by atoms with E-state index in [-0.39, 0.29) is 11.1 Å². The highest BCUT2D eigenvalue weighted by atomic mass is 35.5. The Labute approximate surface area is 103 Å². The summed E-state index contributed by atoms with van der Waals surface area (Å²) in [5.74, 6) is -0.000793. The maximum atomic E-state index is 11.2. The Balaban J connectivity index is 2.56. The standard InChI is InChI=1S/C10H10Cl2N2O2/c1-7-4-2-3-5-8(7)13-10(15)16-14-9(12)6-11/h2-5H,6H2,1H3,(H,13,15)/b14-9+. The molecule has 0 bridgehead atoms. The largest absolute Gasteiger partial charge is 0.437 e. The number of carbonyl (C=O) groups is 1. The quantitative estimate of drug-likeness (QED) is 0.392. The van der Waals surface area contributed by atoms with Crippen LogP contribution in [0, 0.1) is 6.92 Å². The molecule has 0 aromatic heterocycles. The lowest BCUT2D eigenvalue weighted by Gasteiger charge is -2.05. The van der Waals surface area contributed by atoms with Crippen molar-refractivity contribution in [2.24, 2.45) is 5.16 Å². The second kappa shape index (κ2) is 6.35. The first-order valence-corrected chi connectivity index (χ1v) is 5.36. The fourth-order valence-electron chi connectivity index (χ4n) is 0.961. The number of benzene rings is 1. The average molecular weight is 261 g/mol. The number of carbonyl (C=O) groups excluding carboxylic acids is 1. The first-order chi connectivity index (χ1) is 7.63. The second-order valence-corrected chi connectivity index (χ2v) is 3.62. The van der Waals surface area contributed by atoms with Gasteiger partial charge in [-0.3, -0.25) is 10.2 Å². The van der Waals surface area contributed by atoms with E-state index in [0.717, 1.165) is 5.56 Å². The van der Waals surface area contributed by atoms with Crippen molar-refractivity contribution in [2.45, 2.75) is 6.92 Å². The molecule has 0 heterocycles. The van der Waals surface area contributed by atoms with Gasteiger partial charge in [0.15, 0.2) is 5.17 Å². The highest BCUT2D eigenvalue weighted by Crippen LogP contribution is 2.13. The van der Waals surface area contributed by atoms with Crippen LogP contribution in [0.15, 0.2) is 29.4 Å². The van der Waals surface area contributed by atoms with Gasteiger partial charge in [-0.2, -0.15) is 0 Å². The van der Waals surface area contributed by atoms with Gasteiger partial charge in [-0.05, 0) is 18.6 Å². The molecule has 0 radical (unpaired) electrons. The Morgan fingerprint density at radius 1 is 1.50 bits per heavy atom. The molecular weight excluding hydrogens is 251 g/mol. The van der Waals surface area contributed by atoms with Crippen LogP contribution in [-0.2, 0) is 4.84 Å². The molecule has 16 heavy (non-hydrogen) atoms. The molecule has 0 saturated carbocycles. The van der Waals surface area contributed by atoms with Crippen LogP contribution in [-0.4, -0.2) is 17.1 Å². The van der Waals surface area contributed by atoms with Crippen molar-refractivity contribution < 1.29 is 9.63 Å². The summed E-state index contributed by atoms with van der Waals surface area (Å²) in [6, 6.07) is 7.29. The Hall–Kier alpha value is -1.26. The van der Waals surface area contributed by atoms with Crippen molar-refractivity contribution in [1.29, 1.82) is 0 Å². The van der Waals surface area contributed by atoms with E-state index in [1.807, 2.05) is 19.1 Å². The number of para-hydroxylation sites is 1. The van der Waals surface area contributed by atoms with Crippen molar-refractivity contribution in [3.8, 4) is 0 Å². The number of amides is 1. The summed E-state index contributed by atoms with van der Waals surface area (Å²) in [6.07, 6.45) is -0.711. The molecule has 86 valence electrons. The Morgan fingerprint density at radius 3 is 2.81 bits per heavy atom. The number of aryl methyl sites for hydroxylation is 1. The minimum atomic E-state index is -0.711. The predicted molar refractivity (Wildman–Crippen MR) is 65.3 cm³/mol. The molecule has 0 aliphatic carbocycles. The van der Waals surface area contributed by atoms with Crippen LogP contribution in [0.2, 0.25) is 0 Å². The Morgan fingerprint density at radius 2 is 2.19 bits per heavy atom. The monoisotopic (exact) mass is 260 g/mol. The van der Waals surface area contributed by atoms with Crippen LogP contribution in [0.1, 0.15) is 5.56 Å². The summed E-state index contributed by atoms with van der Waals surface area (Å²) in [7, 11) is 0. The number of rotatable bonds is 3. The number of hydrogen-bond acceptors (Lipinski definition) is 3. The van der Waals surface area contributed by atoms with E-state index >= 15 is 0 Å². The minimum absolute atomic E-state index is 0.000793. The van der Waals surface area contributed by atoms with Crippen LogP contribution >= 0.6 is 23.2 Å². The molecule has 0 unspecified atom stereocenters. The SMILES string of the molecule is Cc1ccccc1NC(=O)O/N=C(/Cl)CCl. The molecule has 4 nitrogen and oxygen atoms in total. The van der Waals surface area contributed by atoms with Gasteiger partial charge in [0.2, 0.25) is 0 Å². The summed E-state index contributed by atoms with van der Waals surface area (Å²) in [4.78, 5) is 15.7. The fourth-order valence-corrected chi connectivity index (χ4v) is 1.04. The number of halogens is 2. The van der Waals surface area contributed by atoms with E-state index < -0.39 is 6.09 Å². The molecule has 1 N–H and O–H groups in total. The fraction of sp³-hybridized carbons (Fsp3) is 0.200. The van der Waals surface area contributed by atoms with Crippen LogP contribution in [0.4, 0.5) is 10.5 Å². The number of alkyl halides is 1. The molecule has 1 aromatic rings. The van der Waals surface area contributed by atoms with Gasteiger partial charge in [0.05, 0.1) is 5.88 Å². The normalized spacial score (nSPS) is 11.1. The third-order valence-electron chi connectivity index (χ3n) is 1.72. The van der Waals surface area contributed by atoms with E-state index in [1.165, 1.54) is 0 Å². The lowest BCUT2D eigenvalue weighted by atomic mass is 10.2. The summed E-state index contributed by atoms with van der Waals surface area (Å²) in [6.45, 7) is 1.87. The van der Waals surface area contributed by atoms with Crippen LogP contribution in [0.25, 0.3) is 0 Å². The first-order valence-electron chi connectivity index (χ1n) is 4.45. The van der Waals surface area contributed by atoms with Crippen molar-refractivity contribution in [3.05, 3.63) is 29.8 Å². The number of oxime groups is 1. The van der Waals surface area contributed by atoms with Crippen LogP contribution in [0.3, 0.4) is 0 Å². The van der Waals surface area contributed by atoms with Gasteiger partial charge in [0, 0.05) is 5.69 Å². The third-order valence-corrected chi connectivity index (χ3v) is 2.31. The highest BCUT2D eigenvalue weighted by Gasteiger charge is 2.05. The Bertz CT molecular complexity index is 408. The topological polar surface area (TPSA) is 50.7 Å². The lowest BCUT2D eigenvalue weighted by Crippen LogP contribution is -2.12. The zero-order valence-corrected chi connectivity index (χ0v) is 10.0. The van der Waals surface area contributed by atoms with E-state index in [1.54, 1.807) is 12.1 Å². The predicted octanol–water partition coefficient (Wildman–Crippen LogP) is 3.33. The van der Waals surface area contributed by atoms with Crippen molar-refractivity contribution in [2.75, 3.05) is 11.2 Å². The summed E-state index contributed by atoms with van der Waals surface area (Å²) in [5.41, 5.74) is 1.58. The zero-order chi connectivity index (χ0) is 12.0. The van der Waals surface area contributed by atoms with E-state index in [4.69, 9.17) is 23.2 Å². The second-order valence-electron chi connectivity index (χ2n) is 2.92. The minimum Gasteiger partial charge on any atom is -0.297 e. The number of hydrogen-bond donors (Lipinski definition) is 1. The molecule has 0 saturated heterocycles. The number of nitrogens with one attached hydrogen (secondary N) is 1. The van der Waals surface area contributed by atoms with Gasteiger partial charge in [-0.15, -0.1) is 11.6 Å². The molecule has 0 aliphatic rings. The summed E-state index contributed by atoms with van der Waals surface area (Å²) >= 11 is 10.8. The van der Waals surface area contributed by atoms with Gasteiger partial charge in [0.1, 0.15) is 0 Å². The van der Waals surface area contributed by atoms with E-state index in [0.29, 0.717) is 5.69 Å². The maximum absolute atomic E-state index is 11.2. The van der Waals surface area contributed by atoms with Gasteiger partial charge >= 0.3 is 6.09 Å². The molecule has 0 aliphatic heterocycles. The molecule has 6 heteroatoms. The van der Waals surface area contributed by atoms with Crippen LogP contribution < -0.4 is 5.32 Å². The van der Waals surface area contributed by atoms with Crippen molar-refractivity contribution in [1.82, 2.24) is 0 Å². The van der Waals surface area contributed by atoms with Gasteiger partial charge in [-0.1, -0.05) is 35.0 Å². The van der Waals surface area contributed by atoms with Crippen molar-refractivity contribution >= 4 is 40.2 Å². The molecule has 0 atom stereocenters. The molecular formula is C10H10Cl2N2O2. The zero-order valence-electron chi connectivity index (χ0n) is 8.54. The smallest absolute Gasteiger partial charge is 0.297 e. The van der Waals surface area contributed by atoms with E-state index in [2.05, 4.69) is 15.3 Å². The van der Waals surface area contributed by atoms with Crippen molar-refractivity contribution in [3.63, 3.8) is 0 Å². The van der Waals surface area contributed by atoms with Crippen LogP contribution in [0.5, 0.6) is 0 Å². The molecule has 1 amide bonds. The summed E-state index contributed by atoms with van der Waals surface area (Å²) in [5, 5.41) is 5.84. The molecule has 0 spiro atoms. The summed E-state index contributed by atoms with van der Waals surface area (Å²) < 4.78 is 0. The third kappa shape index (κ3) is 4.08. The maximum Gasteiger partial charge on any atom is 0.437 e. The van der Waals surface area contributed by atoms with Gasteiger partial charge < -0.3 is 0 Å². The van der Waals surface area contributed by atoms with Gasteiger partial charge in [-0.25, -0.2) is 4.79 Å². The highest BCUT2D eigenvalue weighted by molar-refractivity contribution is 6.69. The Kier molecular flexibility index (Phi) is 5.08. The first kappa shape index (κ1) is 12.8. The van der Waals surface area contributed by atoms with Gasteiger partial charge in [0.25, 0.3) is 0 Å². The number of anilines is 1. The van der Waals surface area contributed by atoms with E-state index in [9.17, 15) is 4.79 Å². The average Bonchev–Trinajstić information content (AvgIpc) is 2.29. The lowest BCUT2D eigenvalue weighted by molar-refractivity contribution is 0.167. The molecule has 0 fully saturated rings.